The van der Waals surface area contributed by atoms with Crippen molar-refractivity contribution in [2.75, 3.05) is 13.7 Å². The molecule has 0 bridgehead atoms. The summed E-state index contributed by atoms with van der Waals surface area (Å²) < 4.78 is 4.46. The SMILES string of the molecule is COC(=O)CN/C=C(/C#N)Cc1cc(Cl)cc(Cl)c1Cl. The number of ether oxygens (including phenoxy) is 1. The van der Waals surface area contributed by atoms with E-state index in [0.717, 1.165) is 0 Å². The van der Waals surface area contributed by atoms with E-state index in [1.807, 2.05) is 6.07 Å². The molecule has 1 aromatic rings. The molecule has 0 aliphatic rings. The van der Waals surface area contributed by atoms with Gasteiger partial charge in [0.05, 0.1) is 23.2 Å². The Morgan fingerprint density at radius 2 is 2.15 bits per heavy atom. The number of carbonyl (C=O) groups is 1. The maximum Gasteiger partial charge on any atom is 0.325 e. The second-order valence-corrected chi connectivity index (χ2v) is 5.00. The molecular weight excluding hydrogens is 323 g/mol. The van der Waals surface area contributed by atoms with E-state index < -0.39 is 5.97 Å². The number of nitrogens with zero attached hydrogens (tertiary/aromatic N) is 1. The normalized spacial score (nSPS) is 10.8. The standard InChI is InChI=1S/C13H11Cl3N2O2/c1-20-12(19)7-18-6-8(5-17)2-9-3-10(14)4-11(15)13(9)16/h3-4,6,18H,2,7H2,1H3/b8-6+. The smallest absolute Gasteiger partial charge is 0.325 e. The van der Waals surface area contributed by atoms with E-state index in [0.29, 0.717) is 26.2 Å². The summed E-state index contributed by atoms with van der Waals surface area (Å²) in [6, 6.07) is 5.18. The summed E-state index contributed by atoms with van der Waals surface area (Å²) in [5.41, 5.74) is 1.02. The number of esters is 1. The number of hydrogen-bond donors (Lipinski definition) is 1. The summed E-state index contributed by atoms with van der Waals surface area (Å²) in [7, 11) is 1.28. The number of benzene rings is 1. The van der Waals surface area contributed by atoms with Gasteiger partial charge in [0.25, 0.3) is 0 Å². The fraction of sp³-hybridized carbons (Fsp3) is 0.231. The minimum absolute atomic E-state index is 0.0221. The number of nitrogens with one attached hydrogen (secondary N) is 1. The molecule has 1 N–H and O–H groups in total. The fourth-order valence-corrected chi connectivity index (χ4v) is 2.11. The van der Waals surface area contributed by atoms with Gasteiger partial charge in [-0.1, -0.05) is 34.8 Å². The van der Waals surface area contributed by atoms with Crippen LogP contribution in [0.15, 0.2) is 23.9 Å². The Labute approximate surface area is 131 Å². The highest BCUT2D eigenvalue weighted by molar-refractivity contribution is 6.43. The Bertz CT molecular complexity index is 580. The lowest BCUT2D eigenvalue weighted by Gasteiger charge is -2.07. The van der Waals surface area contributed by atoms with Crippen molar-refractivity contribution >= 4 is 40.8 Å². The van der Waals surface area contributed by atoms with E-state index in [-0.39, 0.29) is 13.0 Å². The van der Waals surface area contributed by atoms with Crippen molar-refractivity contribution in [3.63, 3.8) is 0 Å². The number of allylic oxidation sites excluding steroid dienone is 1. The first-order chi connectivity index (χ1) is 9.47. The average molecular weight is 334 g/mol. The topological polar surface area (TPSA) is 62.1 Å². The van der Waals surface area contributed by atoms with Crippen molar-refractivity contribution in [3.05, 3.63) is 44.5 Å². The molecule has 1 rings (SSSR count). The molecular formula is C13H11Cl3N2O2. The Kier molecular flexibility index (Phi) is 6.66. The highest BCUT2D eigenvalue weighted by atomic mass is 35.5. The summed E-state index contributed by atoms with van der Waals surface area (Å²) in [6.45, 7) is -0.0221. The molecule has 0 saturated heterocycles. The number of nitriles is 1. The summed E-state index contributed by atoms with van der Waals surface area (Å²) in [4.78, 5) is 10.9. The van der Waals surface area contributed by atoms with Crippen molar-refractivity contribution < 1.29 is 9.53 Å². The number of halogens is 3. The van der Waals surface area contributed by atoms with Crippen molar-refractivity contribution in [1.82, 2.24) is 5.32 Å². The second kappa shape index (κ2) is 8.01. The molecule has 0 spiro atoms. The third kappa shape index (κ3) is 4.93. The monoisotopic (exact) mass is 332 g/mol. The van der Waals surface area contributed by atoms with Crippen LogP contribution in [-0.2, 0) is 16.0 Å². The van der Waals surface area contributed by atoms with E-state index in [1.54, 1.807) is 6.07 Å². The fourth-order valence-electron chi connectivity index (χ4n) is 1.40. The van der Waals surface area contributed by atoms with Crippen LogP contribution in [0.1, 0.15) is 5.56 Å². The van der Waals surface area contributed by atoms with Gasteiger partial charge in [-0.3, -0.25) is 4.79 Å². The third-order valence-corrected chi connectivity index (χ3v) is 3.40. The quantitative estimate of drug-likeness (QED) is 0.510. The third-order valence-electron chi connectivity index (χ3n) is 2.34. The molecule has 0 amide bonds. The van der Waals surface area contributed by atoms with Gasteiger partial charge in [-0.05, 0) is 17.7 Å². The maximum absolute atomic E-state index is 10.9. The van der Waals surface area contributed by atoms with Crippen molar-refractivity contribution in [2.45, 2.75) is 6.42 Å². The molecule has 0 unspecified atom stereocenters. The van der Waals surface area contributed by atoms with Crippen LogP contribution in [0.2, 0.25) is 15.1 Å². The van der Waals surface area contributed by atoms with E-state index in [1.165, 1.54) is 19.4 Å². The molecule has 106 valence electrons. The zero-order chi connectivity index (χ0) is 15.1. The first-order valence-electron chi connectivity index (χ1n) is 5.50. The zero-order valence-electron chi connectivity index (χ0n) is 10.5. The van der Waals surface area contributed by atoms with Gasteiger partial charge in [0.15, 0.2) is 0 Å². The molecule has 0 aliphatic carbocycles. The lowest BCUT2D eigenvalue weighted by Crippen LogP contribution is -2.19. The Hall–Kier alpha value is -1.41. The molecule has 7 heteroatoms. The molecule has 0 saturated carbocycles. The minimum atomic E-state index is -0.428. The zero-order valence-corrected chi connectivity index (χ0v) is 12.8. The van der Waals surface area contributed by atoms with Gasteiger partial charge in [-0.25, -0.2) is 0 Å². The Morgan fingerprint density at radius 3 is 2.75 bits per heavy atom. The largest absolute Gasteiger partial charge is 0.468 e. The predicted octanol–water partition coefficient (Wildman–Crippen LogP) is 3.36. The maximum atomic E-state index is 10.9. The van der Waals surface area contributed by atoms with Gasteiger partial charge in [-0.2, -0.15) is 5.26 Å². The van der Waals surface area contributed by atoms with Crippen LogP contribution in [-0.4, -0.2) is 19.6 Å². The Balaban J connectivity index is 2.82. The molecule has 0 radical (unpaired) electrons. The first kappa shape index (κ1) is 16.6. The van der Waals surface area contributed by atoms with E-state index >= 15 is 0 Å². The molecule has 0 heterocycles. The van der Waals surface area contributed by atoms with Crippen LogP contribution in [0.3, 0.4) is 0 Å². The number of methoxy groups -OCH3 is 1. The van der Waals surface area contributed by atoms with Crippen LogP contribution in [0, 0.1) is 11.3 Å². The molecule has 1 aromatic carbocycles. The van der Waals surface area contributed by atoms with Gasteiger partial charge < -0.3 is 10.1 Å². The summed E-state index contributed by atoms with van der Waals surface area (Å²) in [5, 5.41) is 12.9. The lowest BCUT2D eigenvalue weighted by atomic mass is 10.1. The highest BCUT2D eigenvalue weighted by Crippen LogP contribution is 2.31. The van der Waals surface area contributed by atoms with E-state index in [4.69, 9.17) is 40.1 Å². The summed E-state index contributed by atoms with van der Waals surface area (Å²) >= 11 is 17.9. The van der Waals surface area contributed by atoms with Crippen molar-refractivity contribution in [1.29, 1.82) is 5.26 Å². The predicted molar refractivity (Wildman–Crippen MR) is 78.9 cm³/mol. The Morgan fingerprint density at radius 1 is 1.45 bits per heavy atom. The number of rotatable bonds is 5. The molecule has 20 heavy (non-hydrogen) atoms. The first-order valence-corrected chi connectivity index (χ1v) is 6.64. The lowest BCUT2D eigenvalue weighted by molar-refractivity contribution is -0.139. The van der Waals surface area contributed by atoms with E-state index in [9.17, 15) is 4.79 Å². The van der Waals surface area contributed by atoms with Crippen LogP contribution < -0.4 is 5.32 Å². The van der Waals surface area contributed by atoms with Gasteiger partial charge in [0, 0.05) is 23.2 Å². The van der Waals surface area contributed by atoms with E-state index in [2.05, 4.69) is 10.1 Å². The van der Waals surface area contributed by atoms with Crippen LogP contribution in [0.4, 0.5) is 0 Å². The van der Waals surface area contributed by atoms with Crippen molar-refractivity contribution in [2.24, 2.45) is 0 Å². The van der Waals surface area contributed by atoms with Gasteiger partial charge in [-0.15, -0.1) is 0 Å². The van der Waals surface area contributed by atoms with Crippen molar-refractivity contribution in [3.8, 4) is 6.07 Å². The molecule has 0 atom stereocenters. The van der Waals surface area contributed by atoms with Gasteiger partial charge >= 0.3 is 5.97 Å². The molecule has 0 fully saturated rings. The molecule has 4 nitrogen and oxygen atoms in total. The average Bonchev–Trinajstić information content (AvgIpc) is 2.42. The molecule has 0 aliphatic heterocycles. The second-order valence-electron chi connectivity index (χ2n) is 3.78. The summed E-state index contributed by atoms with van der Waals surface area (Å²) in [6.07, 6.45) is 1.69. The minimum Gasteiger partial charge on any atom is -0.468 e. The van der Waals surface area contributed by atoms with Gasteiger partial charge in [0.1, 0.15) is 6.54 Å². The number of hydrogen-bond acceptors (Lipinski definition) is 4. The highest BCUT2D eigenvalue weighted by Gasteiger charge is 2.09. The van der Waals surface area contributed by atoms with Crippen LogP contribution in [0.25, 0.3) is 0 Å². The molecule has 0 aromatic heterocycles. The van der Waals surface area contributed by atoms with Crippen LogP contribution >= 0.6 is 34.8 Å². The number of carbonyl (C=O) groups excluding carboxylic acids is 1. The summed E-state index contributed by atoms with van der Waals surface area (Å²) in [5.74, 6) is -0.428. The van der Waals surface area contributed by atoms with Crippen LogP contribution in [0.5, 0.6) is 0 Å². The van der Waals surface area contributed by atoms with Gasteiger partial charge in [0.2, 0.25) is 0 Å².